The molecule has 1 fully saturated rings. The molecule has 6 heteroatoms. The van der Waals surface area contributed by atoms with Crippen LogP contribution in [0.5, 0.6) is 5.75 Å². The average molecular weight is 344 g/mol. The second kappa shape index (κ2) is 7.53. The summed E-state index contributed by atoms with van der Waals surface area (Å²) in [4.78, 5) is 15.9. The summed E-state index contributed by atoms with van der Waals surface area (Å²) in [6.45, 7) is 5.28. The lowest BCUT2D eigenvalue weighted by Gasteiger charge is -2.36. The number of benzene rings is 2. The van der Waals surface area contributed by atoms with Crippen LogP contribution in [0.1, 0.15) is 6.92 Å². The Hall–Kier alpha value is -2.60. The zero-order chi connectivity index (χ0) is 17.8. The van der Waals surface area contributed by atoms with Gasteiger partial charge in [-0.05, 0) is 49.4 Å². The van der Waals surface area contributed by atoms with Crippen LogP contribution in [0, 0.1) is 5.82 Å². The molecule has 3 rings (SSSR count). The van der Waals surface area contributed by atoms with Crippen molar-refractivity contribution in [1.82, 2.24) is 0 Å². The number of aromatic hydroxyl groups is 1. The molecule has 2 aromatic carbocycles. The molecule has 25 heavy (non-hydrogen) atoms. The first-order valence-corrected chi connectivity index (χ1v) is 8.48. The number of phenolic OH excluding ortho intramolecular Hbond substituents is 1. The largest absolute Gasteiger partial charge is 0.508 e. The Morgan fingerprint density at radius 1 is 1.20 bits per heavy atom. The van der Waals surface area contributed by atoms with Crippen molar-refractivity contribution < 1.29 is 19.2 Å². The van der Waals surface area contributed by atoms with Gasteiger partial charge in [0.05, 0.1) is 26.2 Å². The summed E-state index contributed by atoms with van der Waals surface area (Å²) in [5.41, 5.74) is 1.56. The average Bonchev–Trinajstić information content (AvgIpc) is 2.62. The van der Waals surface area contributed by atoms with Crippen molar-refractivity contribution in [3.63, 3.8) is 0 Å². The van der Waals surface area contributed by atoms with E-state index in [0.29, 0.717) is 5.69 Å². The fourth-order valence-corrected chi connectivity index (χ4v) is 3.15. The molecule has 132 valence electrons. The van der Waals surface area contributed by atoms with Gasteiger partial charge in [-0.25, -0.2) is 4.39 Å². The summed E-state index contributed by atoms with van der Waals surface area (Å²) in [5.74, 6) is -0.199. The Labute approximate surface area is 146 Å². The maximum atomic E-state index is 13.2. The van der Waals surface area contributed by atoms with Gasteiger partial charge < -0.3 is 20.2 Å². The summed E-state index contributed by atoms with van der Waals surface area (Å²) in [5, 5.41) is 12.2. The maximum Gasteiger partial charge on any atom is 0.282 e. The summed E-state index contributed by atoms with van der Waals surface area (Å²) >= 11 is 0. The van der Waals surface area contributed by atoms with E-state index in [1.54, 1.807) is 24.3 Å². The zero-order valence-corrected chi connectivity index (χ0v) is 14.2. The van der Waals surface area contributed by atoms with Crippen molar-refractivity contribution in [2.24, 2.45) is 0 Å². The van der Waals surface area contributed by atoms with E-state index in [1.807, 2.05) is 19.1 Å². The molecule has 0 saturated carbocycles. The Balaban J connectivity index is 1.54. The number of anilines is 2. The number of hydrogen-bond donors (Lipinski definition) is 3. The number of nitrogens with one attached hydrogen (secondary N) is 2. The first-order chi connectivity index (χ1) is 12.0. The van der Waals surface area contributed by atoms with E-state index in [9.17, 15) is 14.3 Å². The number of piperazine rings is 1. The predicted octanol–water partition coefficient (Wildman–Crippen LogP) is 1.26. The molecule has 0 aliphatic carbocycles. The van der Waals surface area contributed by atoms with Crippen LogP contribution < -0.4 is 15.1 Å². The molecule has 5 nitrogen and oxygen atoms in total. The number of hydrogen-bond acceptors (Lipinski definition) is 3. The lowest BCUT2D eigenvalue weighted by atomic mass is 10.2. The van der Waals surface area contributed by atoms with Crippen LogP contribution in [0.2, 0.25) is 0 Å². The third-order valence-electron chi connectivity index (χ3n) is 4.72. The fraction of sp³-hybridized carbons (Fsp3) is 0.316. The highest BCUT2D eigenvalue weighted by Crippen LogP contribution is 2.18. The van der Waals surface area contributed by atoms with Crippen LogP contribution in [0.4, 0.5) is 15.8 Å². The monoisotopic (exact) mass is 344 g/mol. The normalized spacial score (nSPS) is 16.5. The van der Waals surface area contributed by atoms with E-state index in [-0.39, 0.29) is 23.5 Å². The summed E-state index contributed by atoms with van der Waals surface area (Å²) < 4.78 is 13.2. The van der Waals surface area contributed by atoms with Crippen LogP contribution in [0.25, 0.3) is 0 Å². The fourth-order valence-electron chi connectivity index (χ4n) is 3.15. The van der Waals surface area contributed by atoms with Gasteiger partial charge in [0, 0.05) is 11.4 Å². The molecule has 1 aliphatic heterocycles. The molecule has 0 radical (unpaired) electrons. The third-order valence-corrected chi connectivity index (χ3v) is 4.72. The molecule has 0 bridgehead atoms. The van der Waals surface area contributed by atoms with Crippen molar-refractivity contribution in [2.45, 2.75) is 13.0 Å². The quantitative estimate of drug-likeness (QED) is 0.783. The first kappa shape index (κ1) is 17.2. The maximum absolute atomic E-state index is 13.2. The summed E-state index contributed by atoms with van der Waals surface area (Å²) in [6.07, 6.45) is 0. The predicted molar refractivity (Wildman–Crippen MR) is 95.5 cm³/mol. The van der Waals surface area contributed by atoms with Gasteiger partial charge in [-0.2, -0.15) is 0 Å². The van der Waals surface area contributed by atoms with E-state index < -0.39 is 0 Å². The van der Waals surface area contributed by atoms with Gasteiger partial charge in [0.25, 0.3) is 5.91 Å². The van der Waals surface area contributed by atoms with Crippen molar-refractivity contribution >= 4 is 17.3 Å². The molecule has 3 N–H and O–H groups in total. The van der Waals surface area contributed by atoms with Crippen LogP contribution in [0.3, 0.4) is 0 Å². The summed E-state index contributed by atoms with van der Waals surface area (Å²) in [7, 11) is 0. The van der Waals surface area contributed by atoms with Gasteiger partial charge in [-0.1, -0.05) is 6.07 Å². The Morgan fingerprint density at radius 3 is 2.52 bits per heavy atom. The van der Waals surface area contributed by atoms with E-state index in [0.717, 1.165) is 31.9 Å². The molecule has 0 spiro atoms. The molecule has 1 amide bonds. The number of carbonyl (C=O) groups excluding carboxylic acids is 1. The first-order valence-electron chi connectivity index (χ1n) is 8.48. The second-order valence-electron chi connectivity index (χ2n) is 6.38. The Kier molecular flexibility index (Phi) is 5.19. The number of carbonyl (C=O) groups is 1. The minimum absolute atomic E-state index is 0.0984. The number of phenols is 1. The molecule has 2 aromatic rings. The van der Waals surface area contributed by atoms with Crippen molar-refractivity contribution in [1.29, 1.82) is 0 Å². The minimum atomic E-state index is -0.361. The van der Waals surface area contributed by atoms with Crippen LogP contribution >= 0.6 is 0 Å². The van der Waals surface area contributed by atoms with Crippen LogP contribution in [-0.4, -0.2) is 43.2 Å². The molecule has 1 saturated heterocycles. The number of nitrogens with zero attached hydrogens (tertiary/aromatic N) is 1. The second-order valence-corrected chi connectivity index (χ2v) is 6.38. The number of amides is 1. The molecule has 1 heterocycles. The Morgan fingerprint density at radius 2 is 1.88 bits per heavy atom. The van der Waals surface area contributed by atoms with Gasteiger partial charge in [0.1, 0.15) is 11.6 Å². The van der Waals surface area contributed by atoms with E-state index in [2.05, 4.69) is 10.2 Å². The van der Waals surface area contributed by atoms with Gasteiger partial charge in [0.15, 0.2) is 6.04 Å². The molecule has 0 aromatic heterocycles. The van der Waals surface area contributed by atoms with E-state index in [1.165, 1.54) is 17.0 Å². The standard InChI is InChI=1S/C19H22FN3O2/c1-14(19(25)21-16-4-2-3-15(20)13-16)22-9-11-23(12-10-22)17-5-7-18(24)8-6-17/h2-8,13-14,24H,9-12H2,1H3,(H,21,25)/p+1/t14-/m1/s1. The van der Waals surface area contributed by atoms with E-state index >= 15 is 0 Å². The lowest BCUT2D eigenvalue weighted by Crippen LogP contribution is -3.19. The van der Waals surface area contributed by atoms with Crippen LogP contribution in [0.15, 0.2) is 48.5 Å². The molecule has 1 atom stereocenters. The topological polar surface area (TPSA) is 57.0 Å². The zero-order valence-electron chi connectivity index (χ0n) is 14.2. The number of rotatable bonds is 4. The lowest BCUT2D eigenvalue weighted by molar-refractivity contribution is -0.914. The van der Waals surface area contributed by atoms with E-state index in [4.69, 9.17) is 0 Å². The van der Waals surface area contributed by atoms with Gasteiger partial charge in [-0.3, -0.25) is 4.79 Å². The molecule has 0 unspecified atom stereocenters. The highest BCUT2D eigenvalue weighted by molar-refractivity contribution is 5.93. The van der Waals surface area contributed by atoms with Crippen LogP contribution in [-0.2, 0) is 4.79 Å². The van der Waals surface area contributed by atoms with Crippen molar-refractivity contribution in [3.05, 3.63) is 54.3 Å². The summed E-state index contributed by atoms with van der Waals surface area (Å²) in [6, 6.07) is 12.9. The smallest absolute Gasteiger partial charge is 0.282 e. The number of halogens is 1. The molecular weight excluding hydrogens is 321 g/mol. The Bertz CT molecular complexity index is 728. The van der Waals surface area contributed by atoms with Gasteiger partial charge >= 0.3 is 0 Å². The SMILES string of the molecule is C[C@H](C(=O)Nc1cccc(F)c1)[NH+]1CCN(c2ccc(O)cc2)CC1. The van der Waals surface area contributed by atoms with Crippen molar-refractivity contribution in [2.75, 3.05) is 36.4 Å². The van der Waals surface area contributed by atoms with Gasteiger partial charge in [0.2, 0.25) is 0 Å². The van der Waals surface area contributed by atoms with Gasteiger partial charge in [-0.15, -0.1) is 0 Å². The highest BCUT2D eigenvalue weighted by atomic mass is 19.1. The number of quaternary nitrogens is 1. The molecular formula is C19H23FN3O2+. The molecule has 1 aliphatic rings. The van der Waals surface area contributed by atoms with Crippen molar-refractivity contribution in [3.8, 4) is 5.75 Å². The minimum Gasteiger partial charge on any atom is -0.508 e. The highest BCUT2D eigenvalue weighted by Gasteiger charge is 2.29. The third kappa shape index (κ3) is 4.28.